The van der Waals surface area contributed by atoms with Crippen LogP contribution in [-0.4, -0.2) is 57.0 Å². The Morgan fingerprint density at radius 3 is 2.63 bits per heavy atom. The summed E-state index contributed by atoms with van der Waals surface area (Å²) in [6.45, 7) is 2.63. The summed E-state index contributed by atoms with van der Waals surface area (Å²) < 4.78 is 11.1. The molecule has 0 spiro atoms. The van der Waals surface area contributed by atoms with Gasteiger partial charge in [-0.05, 0) is 36.6 Å². The first kappa shape index (κ1) is 23.7. The predicted octanol–water partition coefficient (Wildman–Crippen LogP) is 3.39. The molecule has 1 saturated heterocycles. The Kier molecular flexibility index (Phi) is 8.67. The lowest BCUT2D eigenvalue weighted by atomic mass is 10.1. The van der Waals surface area contributed by atoms with Crippen LogP contribution in [0.15, 0.2) is 23.1 Å². The van der Waals surface area contributed by atoms with Gasteiger partial charge in [0.1, 0.15) is 10.4 Å². The molecule has 0 saturated carbocycles. The van der Waals surface area contributed by atoms with Crippen molar-refractivity contribution < 1.29 is 34.1 Å². The number of methoxy groups -OCH3 is 1. The molecule has 10 heteroatoms. The number of hydrogen-bond donors (Lipinski definition) is 2. The van der Waals surface area contributed by atoms with Crippen LogP contribution in [0.1, 0.15) is 38.2 Å². The van der Waals surface area contributed by atoms with Crippen LogP contribution in [0.3, 0.4) is 0 Å². The number of thioether (sulfide) groups is 1. The Hall–Kier alpha value is -2.59. The summed E-state index contributed by atoms with van der Waals surface area (Å²) >= 11 is 6.16. The van der Waals surface area contributed by atoms with Crippen molar-refractivity contribution >= 4 is 52.2 Å². The smallest absolute Gasteiger partial charge is 0.326 e. The molecule has 1 aliphatic heterocycles. The average Bonchev–Trinajstić information content (AvgIpc) is 2.96. The molecule has 8 nitrogen and oxygen atoms in total. The normalized spacial score (nSPS) is 16.1. The van der Waals surface area contributed by atoms with Gasteiger partial charge in [-0.25, -0.2) is 4.79 Å². The molecule has 1 heterocycles. The highest BCUT2D eigenvalue weighted by atomic mass is 32.2. The first-order valence-electron chi connectivity index (χ1n) is 9.31. The van der Waals surface area contributed by atoms with E-state index < -0.39 is 23.9 Å². The Labute approximate surface area is 183 Å². The van der Waals surface area contributed by atoms with Gasteiger partial charge in [0, 0.05) is 6.42 Å². The molecule has 1 atom stereocenters. The minimum atomic E-state index is -1.33. The molecular weight excluding hydrogens is 430 g/mol. The number of benzene rings is 1. The van der Waals surface area contributed by atoms with Crippen molar-refractivity contribution in [1.29, 1.82) is 0 Å². The number of ether oxygens (including phenoxy) is 2. The largest absolute Gasteiger partial charge is 0.493 e. The van der Waals surface area contributed by atoms with E-state index in [1.807, 2.05) is 0 Å². The van der Waals surface area contributed by atoms with Gasteiger partial charge in [0.05, 0.1) is 18.6 Å². The number of unbranched alkanes of at least 4 members (excludes halogenated alkanes) is 1. The van der Waals surface area contributed by atoms with Crippen molar-refractivity contribution in [3.05, 3.63) is 28.7 Å². The number of carbonyl (C=O) groups is 3. The van der Waals surface area contributed by atoms with Crippen LogP contribution in [0.4, 0.5) is 0 Å². The maximum absolute atomic E-state index is 12.8. The number of carboxylic acid groups (broad SMARTS) is 2. The third-order valence-electron chi connectivity index (χ3n) is 4.29. The monoisotopic (exact) mass is 453 g/mol. The van der Waals surface area contributed by atoms with E-state index in [4.69, 9.17) is 26.8 Å². The van der Waals surface area contributed by atoms with E-state index in [0.717, 1.165) is 29.5 Å². The van der Waals surface area contributed by atoms with Gasteiger partial charge in [0.2, 0.25) is 0 Å². The highest BCUT2D eigenvalue weighted by Crippen LogP contribution is 2.36. The fourth-order valence-electron chi connectivity index (χ4n) is 2.74. The van der Waals surface area contributed by atoms with Gasteiger partial charge >= 0.3 is 11.9 Å². The molecule has 162 valence electrons. The van der Waals surface area contributed by atoms with E-state index in [1.54, 1.807) is 24.3 Å². The van der Waals surface area contributed by atoms with E-state index in [2.05, 4.69) is 6.92 Å². The van der Waals surface area contributed by atoms with E-state index in [-0.39, 0.29) is 22.1 Å². The van der Waals surface area contributed by atoms with Crippen LogP contribution in [0.2, 0.25) is 0 Å². The number of thiocarbonyl (C=S) groups is 1. The second-order valence-electron chi connectivity index (χ2n) is 6.45. The molecule has 1 aromatic rings. The van der Waals surface area contributed by atoms with Crippen molar-refractivity contribution in [3.8, 4) is 11.5 Å². The van der Waals surface area contributed by atoms with E-state index >= 15 is 0 Å². The Morgan fingerprint density at radius 1 is 1.30 bits per heavy atom. The van der Waals surface area contributed by atoms with Gasteiger partial charge in [-0.15, -0.1) is 0 Å². The Morgan fingerprint density at radius 2 is 2.03 bits per heavy atom. The zero-order valence-electron chi connectivity index (χ0n) is 16.6. The molecule has 1 aromatic carbocycles. The predicted molar refractivity (Wildman–Crippen MR) is 117 cm³/mol. The minimum absolute atomic E-state index is 0.0792. The lowest BCUT2D eigenvalue weighted by Gasteiger charge is -2.22. The van der Waals surface area contributed by atoms with E-state index in [9.17, 15) is 19.5 Å². The first-order valence-corrected chi connectivity index (χ1v) is 10.5. The molecule has 1 aliphatic rings. The summed E-state index contributed by atoms with van der Waals surface area (Å²) in [5.41, 5.74) is 0.660. The van der Waals surface area contributed by atoms with Crippen LogP contribution in [0.25, 0.3) is 6.08 Å². The van der Waals surface area contributed by atoms with Crippen LogP contribution < -0.4 is 9.47 Å². The molecule has 0 aromatic heterocycles. The van der Waals surface area contributed by atoms with Crippen molar-refractivity contribution in [2.24, 2.45) is 0 Å². The molecule has 1 amide bonds. The van der Waals surface area contributed by atoms with Crippen LogP contribution >= 0.6 is 24.0 Å². The molecule has 30 heavy (non-hydrogen) atoms. The van der Waals surface area contributed by atoms with Crippen LogP contribution in [0, 0.1) is 0 Å². The zero-order valence-corrected chi connectivity index (χ0v) is 18.3. The quantitative estimate of drug-likeness (QED) is 0.296. The van der Waals surface area contributed by atoms with Gasteiger partial charge < -0.3 is 19.7 Å². The second kappa shape index (κ2) is 11.0. The highest BCUT2D eigenvalue weighted by molar-refractivity contribution is 8.26. The summed E-state index contributed by atoms with van der Waals surface area (Å²) in [6.07, 6.45) is 2.89. The van der Waals surface area contributed by atoms with Crippen molar-refractivity contribution in [2.45, 2.75) is 38.6 Å². The third kappa shape index (κ3) is 5.96. The summed E-state index contributed by atoms with van der Waals surface area (Å²) in [6, 6.07) is 3.89. The number of amides is 1. The van der Waals surface area contributed by atoms with Gasteiger partial charge in [0.25, 0.3) is 5.91 Å². The van der Waals surface area contributed by atoms with Gasteiger partial charge in [-0.3, -0.25) is 14.5 Å². The van der Waals surface area contributed by atoms with Crippen molar-refractivity contribution in [2.75, 3.05) is 13.7 Å². The molecule has 0 bridgehead atoms. The summed E-state index contributed by atoms with van der Waals surface area (Å²) in [5.74, 6) is -1.90. The summed E-state index contributed by atoms with van der Waals surface area (Å²) in [7, 11) is 1.52. The van der Waals surface area contributed by atoms with Crippen LogP contribution in [-0.2, 0) is 14.4 Å². The average molecular weight is 454 g/mol. The first-order chi connectivity index (χ1) is 14.3. The Bertz CT molecular complexity index is 869. The fourth-order valence-corrected chi connectivity index (χ4v) is 4.10. The molecule has 1 unspecified atom stereocenters. The summed E-state index contributed by atoms with van der Waals surface area (Å²) in [4.78, 5) is 36.4. The van der Waals surface area contributed by atoms with Gasteiger partial charge in [0.15, 0.2) is 11.5 Å². The molecule has 0 radical (unpaired) electrons. The maximum Gasteiger partial charge on any atom is 0.326 e. The number of aliphatic carboxylic acids is 2. The van der Waals surface area contributed by atoms with Crippen LogP contribution in [0.5, 0.6) is 11.5 Å². The third-order valence-corrected chi connectivity index (χ3v) is 5.62. The topological polar surface area (TPSA) is 113 Å². The SMILES string of the molecule is CCCCOc1ccc(C=C2SC(=S)N(C(CCC(=O)O)C(=O)O)C2=O)cc1OC. The van der Waals surface area contributed by atoms with Gasteiger partial charge in [-0.1, -0.05) is 43.4 Å². The standard InChI is InChI=1S/C20H23NO7S2/c1-3-4-9-28-14-7-5-12(10-15(14)27-2)11-16-18(24)21(20(29)30-16)13(19(25)26)6-8-17(22)23/h5,7,10-11,13H,3-4,6,8-9H2,1-2H3,(H,22,23)(H,25,26). The lowest BCUT2D eigenvalue weighted by Crippen LogP contribution is -2.44. The number of rotatable bonds is 11. The van der Waals surface area contributed by atoms with E-state index in [0.29, 0.717) is 23.7 Å². The van der Waals surface area contributed by atoms with Crippen molar-refractivity contribution in [3.63, 3.8) is 0 Å². The summed E-state index contributed by atoms with van der Waals surface area (Å²) in [5, 5.41) is 18.3. The van der Waals surface area contributed by atoms with E-state index in [1.165, 1.54) is 7.11 Å². The molecular formula is C20H23NO7S2. The second-order valence-corrected chi connectivity index (χ2v) is 8.13. The fraction of sp³-hybridized carbons (Fsp3) is 0.400. The number of carboxylic acids is 2. The zero-order chi connectivity index (χ0) is 22.3. The highest BCUT2D eigenvalue weighted by Gasteiger charge is 2.40. The Balaban J connectivity index is 2.23. The van der Waals surface area contributed by atoms with Gasteiger partial charge in [-0.2, -0.15) is 0 Å². The molecule has 2 rings (SSSR count). The molecule has 1 fully saturated rings. The minimum Gasteiger partial charge on any atom is -0.493 e. The molecule has 2 N–H and O–H groups in total. The maximum atomic E-state index is 12.8. The lowest BCUT2D eigenvalue weighted by molar-refractivity contribution is -0.146. The number of nitrogens with zero attached hydrogens (tertiary/aromatic N) is 1. The molecule has 0 aliphatic carbocycles. The number of hydrogen-bond acceptors (Lipinski definition) is 7. The van der Waals surface area contributed by atoms with Crippen molar-refractivity contribution in [1.82, 2.24) is 4.90 Å². The number of carbonyl (C=O) groups excluding carboxylic acids is 1.